The van der Waals surface area contributed by atoms with Crippen LogP contribution in [0.2, 0.25) is 0 Å². The predicted molar refractivity (Wildman–Crippen MR) is 65.1 cm³/mol. The molecule has 0 bridgehead atoms. The normalized spacial score (nSPS) is 25.9. The fourth-order valence-corrected chi connectivity index (χ4v) is 2.13. The van der Waals surface area contributed by atoms with Gasteiger partial charge in [0.05, 0.1) is 11.7 Å². The van der Waals surface area contributed by atoms with Crippen LogP contribution in [0, 0.1) is 0 Å². The second kappa shape index (κ2) is 5.66. The lowest BCUT2D eigenvalue weighted by Crippen LogP contribution is -2.20. The number of nitrogens with one attached hydrogen (secondary N) is 1. The van der Waals surface area contributed by atoms with E-state index in [0.717, 1.165) is 19.4 Å². The molecule has 1 fully saturated rings. The van der Waals surface area contributed by atoms with E-state index in [2.05, 4.69) is 32.2 Å². The minimum atomic E-state index is 0.107. The van der Waals surface area contributed by atoms with Crippen molar-refractivity contribution in [1.82, 2.24) is 5.32 Å². The Balaban J connectivity index is 2.27. The third-order valence-corrected chi connectivity index (χ3v) is 2.99. The molecule has 88 valence electrons. The molecule has 0 aromatic carbocycles. The Hall–Kier alpha value is -0.340. The summed E-state index contributed by atoms with van der Waals surface area (Å²) in [6, 6.07) is 0. The van der Waals surface area contributed by atoms with E-state index in [-0.39, 0.29) is 5.60 Å². The molecule has 0 spiro atoms. The van der Waals surface area contributed by atoms with E-state index >= 15 is 0 Å². The van der Waals surface area contributed by atoms with Crippen molar-refractivity contribution >= 4 is 0 Å². The molecule has 2 nitrogen and oxygen atoms in total. The molecule has 0 saturated carbocycles. The van der Waals surface area contributed by atoms with Gasteiger partial charge in [-0.2, -0.15) is 0 Å². The van der Waals surface area contributed by atoms with Crippen molar-refractivity contribution in [2.24, 2.45) is 0 Å². The van der Waals surface area contributed by atoms with Gasteiger partial charge in [-0.05, 0) is 60.0 Å². The summed E-state index contributed by atoms with van der Waals surface area (Å²) in [5.74, 6) is 0. The summed E-state index contributed by atoms with van der Waals surface area (Å²) in [6.45, 7) is 7.65. The molecule has 1 atom stereocenters. The van der Waals surface area contributed by atoms with E-state index in [1.54, 1.807) is 0 Å². The van der Waals surface area contributed by atoms with Crippen LogP contribution in [-0.4, -0.2) is 25.3 Å². The molecule has 0 aliphatic carbocycles. The minimum Gasteiger partial charge on any atom is -0.372 e. The van der Waals surface area contributed by atoms with Crippen molar-refractivity contribution < 1.29 is 4.74 Å². The molecular weight excluding hydrogens is 186 g/mol. The molecule has 0 amide bonds. The van der Waals surface area contributed by atoms with Gasteiger partial charge in [-0.15, -0.1) is 0 Å². The molecule has 1 aliphatic rings. The van der Waals surface area contributed by atoms with Crippen molar-refractivity contribution in [2.45, 2.75) is 58.2 Å². The molecule has 0 aromatic rings. The highest BCUT2D eigenvalue weighted by Crippen LogP contribution is 2.32. The lowest BCUT2D eigenvalue weighted by Gasteiger charge is -2.19. The molecule has 1 unspecified atom stereocenters. The van der Waals surface area contributed by atoms with Crippen molar-refractivity contribution in [3.05, 3.63) is 11.6 Å². The fourth-order valence-electron chi connectivity index (χ4n) is 2.13. The summed E-state index contributed by atoms with van der Waals surface area (Å²) in [5.41, 5.74) is 1.57. The van der Waals surface area contributed by atoms with Gasteiger partial charge in [-0.25, -0.2) is 0 Å². The van der Waals surface area contributed by atoms with E-state index in [0.29, 0.717) is 6.10 Å². The standard InChI is InChI=1S/C13H25NO/c1-11(6-5-9-14-4)10-12-7-8-13(2,3)15-12/h6,12,14H,5,7-10H2,1-4H3/b11-6-. The highest BCUT2D eigenvalue weighted by molar-refractivity contribution is 5.01. The maximum atomic E-state index is 5.97. The van der Waals surface area contributed by atoms with Crippen LogP contribution in [0.15, 0.2) is 11.6 Å². The largest absolute Gasteiger partial charge is 0.372 e. The van der Waals surface area contributed by atoms with Gasteiger partial charge in [-0.3, -0.25) is 0 Å². The fraction of sp³-hybridized carbons (Fsp3) is 0.846. The summed E-state index contributed by atoms with van der Waals surface area (Å²) in [4.78, 5) is 0. The summed E-state index contributed by atoms with van der Waals surface area (Å²) < 4.78 is 5.97. The highest BCUT2D eigenvalue weighted by atomic mass is 16.5. The van der Waals surface area contributed by atoms with Gasteiger partial charge in [0.2, 0.25) is 0 Å². The van der Waals surface area contributed by atoms with Gasteiger partial charge in [0.15, 0.2) is 0 Å². The van der Waals surface area contributed by atoms with E-state index in [1.807, 2.05) is 7.05 Å². The zero-order chi connectivity index (χ0) is 11.3. The number of ether oxygens (including phenoxy) is 1. The molecule has 1 saturated heterocycles. The second-order valence-electron chi connectivity index (χ2n) is 5.19. The van der Waals surface area contributed by atoms with Crippen molar-refractivity contribution in [1.29, 1.82) is 0 Å². The molecule has 1 aliphatic heterocycles. The first-order chi connectivity index (χ1) is 7.03. The van der Waals surface area contributed by atoms with Crippen molar-refractivity contribution in [3.63, 3.8) is 0 Å². The Kier molecular flexibility index (Phi) is 4.81. The van der Waals surface area contributed by atoms with Gasteiger partial charge in [0, 0.05) is 0 Å². The van der Waals surface area contributed by atoms with Gasteiger partial charge in [0.25, 0.3) is 0 Å². The third-order valence-electron chi connectivity index (χ3n) is 2.99. The smallest absolute Gasteiger partial charge is 0.0631 e. The summed E-state index contributed by atoms with van der Waals surface area (Å²) in [7, 11) is 1.99. The monoisotopic (exact) mass is 211 g/mol. The molecule has 1 heterocycles. The average Bonchev–Trinajstić information content (AvgIpc) is 2.46. The predicted octanol–water partition coefficient (Wildman–Crippen LogP) is 2.89. The van der Waals surface area contributed by atoms with Gasteiger partial charge in [0.1, 0.15) is 0 Å². The van der Waals surface area contributed by atoms with Gasteiger partial charge in [-0.1, -0.05) is 11.6 Å². The molecule has 0 radical (unpaired) electrons. The topological polar surface area (TPSA) is 21.3 Å². The Morgan fingerprint density at radius 1 is 1.53 bits per heavy atom. The number of hydrogen-bond donors (Lipinski definition) is 1. The van der Waals surface area contributed by atoms with Gasteiger partial charge >= 0.3 is 0 Å². The Morgan fingerprint density at radius 3 is 2.80 bits per heavy atom. The quantitative estimate of drug-likeness (QED) is 0.557. The van der Waals surface area contributed by atoms with Crippen LogP contribution in [0.25, 0.3) is 0 Å². The van der Waals surface area contributed by atoms with E-state index in [9.17, 15) is 0 Å². The number of rotatable bonds is 5. The average molecular weight is 211 g/mol. The van der Waals surface area contributed by atoms with Crippen LogP contribution in [0.5, 0.6) is 0 Å². The zero-order valence-electron chi connectivity index (χ0n) is 10.6. The maximum absolute atomic E-state index is 5.97. The molecule has 0 aromatic heterocycles. The molecule has 15 heavy (non-hydrogen) atoms. The first kappa shape index (κ1) is 12.7. The summed E-state index contributed by atoms with van der Waals surface area (Å²) in [5, 5.41) is 3.15. The summed E-state index contributed by atoms with van der Waals surface area (Å²) in [6.07, 6.45) is 7.41. The highest BCUT2D eigenvalue weighted by Gasteiger charge is 2.31. The SMILES string of the molecule is CNCC/C=C(/C)CC1CCC(C)(C)O1. The van der Waals surface area contributed by atoms with Gasteiger partial charge < -0.3 is 10.1 Å². The first-order valence-electron chi connectivity index (χ1n) is 6.01. The van der Waals surface area contributed by atoms with Crippen LogP contribution >= 0.6 is 0 Å². The molecule has 1 rings (SSSR count). The number of hydrogen-bond acceptors (Lipinski definition) is 2. The lowest BCUT2D eigenvalue weighted by molar-refractivity contribution is -0.0144. The molecular formula is C13H25NO. The molecule has 1 N–H and O–H groups in total. The van der Waals surface area contributed by atoms with E-state index in [4.69, 9.17) is 4.74 Å². The first-order valence-corrected chi connectivity index (χ1v) is 6.01. The zero-order valence-corrected chi connectivity index (χ0v) is 10.6. The Labute approximate surface area is 94.1 Å². The van der Waals surface area contributed by atoms with Crippen LogP contribution in [0.4, 0.5) is 0 Å². The van der Waals surface area contributed by atoms with Crippen LogP contribution in [0.3, 0.4) is 0 Å². The van der Waals surface area contributed by atoms with Crippen molar-refractivity contribution in [3.8, 4) is 0 Å². The minimum absolute atomic E-state index is 0.107. The van der Waals surface area contributed by atoms with E-state index < -0.39 is 0 Å². The van der Waals surface area contributed by atoms with Crippen LogP contribution in [0.1, 0.15) is 46.5 Å². The Morgan fingerprint density at radius 2 is 2.27 bits per heavy atom. The van der Waals surface area contributed by atoms with Crippen LogP contribution in [-0.2, 0) is 4.74 Å². The molecule has 2 heteroatoms. The Bertz CT molecular complexity index is 221. The second-order valence-corrected chi connectivity index (χ2v) is 5.19. The summed E-state index contributed by atoms with van der Waals surface area (Å²) >= 11 is 0. The maximum Gasteiger partial charge on any atom is 0.0631 e. The third kappa shape index (κ3) is 4.80. The van der Waals surface area contributed by atoms with E-state index in [1.165, 1.54) is 18.4 Å². The lowest BCUT2D eigenvalue weighted by atomic mass is 10.0. The van der Waals surface area contributed by atoms with Crippen LogP contribution < -0.4 is 5.32 Å². The van der Waals surface area contributed by atoms with Crippen molar-refractivity contribution in [2.75, 3.05) is 13.6 Å².